The van der Waals surface area contributed by atoms with E-state index in [0.717, 1.165) is 0 Å². The summed E-state index contributed by atoms with van der Waals surface area (Å²) >= 11 is 0. The second-order valence-corrected chi connectivity index (χ2v) is 5.20. The molecule has 1 N–H and O–H groups in total. The maximum Gasteiger partial charge on any atom is 0.313 e. The van der Waals surface area contributed by atoms with E-state index in [0.29, 0.717) is 5.56 Å². The predicted octanol–water partition coefficient (Wildman–Crippen LogP) is 4.12. The number of rotatable bonds is 3. The molecule has 1 aromatic carbocycles. The fourth-order valence-electron chi connectivity index (χ4n) is 2.34. The van der Waals surface area contributed by atoms with Crippen LogP contribution in [0.25, 0.3) is 6.08 Å². The summed E-state index contributed by atoms with van der Waals surface area (Å²) in [5.74, 6) is -4.25. The number of hydrogen-bond acceptors (Lipinski definition) is 1. The van der Waals surface area contributed by atoms with Crippen LogP contribution in [-0.2, 0) is 4.79 Å². The third-order valence-electron chi connectivity index (χ3n) is 3.76. The van der Waals surface area contributed by atoms with Crippen molar-refractivity contribution in [1.29, 1.82) is 0 Å². The van der Waals surface area contributed by atoms with Gasteiger partial charge in [0.25, 0.3) is 0 Å². The van der Waals surface area contributed by atoms with Gasteiger partial charge >= 0.3 is 5.97 Å². The van der Waals surface area contributed by atoms with Gasteiger partial charge in [0.1, 0.15) is 5.82 Å². The van der Waals surface area contributed by atoms with Crippen molar-refractivity contribution in [3.63, 3.8) is 0 Å². The molecular formula is C15H15F3O2. The molecule has 1 fully saturated rings. The molecule has 0 spiro atoms. The summed E-state index contributed by atoms with van der Waals surface area (Å²) in [5, 5.41) is 9.32. The quantitative estimate of drug-likeness (QED) is 0.906. The molecule has 0 atom stereocenters. The highest BCUT2D eigenvalue weighted by Crippen LogP contribution is 2.45. The summed E-state index contributed by atoms with van der Waals surface area (Å²) in [6, 6.07) is 5.56. The molecule has 0 bridgehead atoms. The molecule has 1 aliphatic rings. The van der Waals surface area contributed by atoms with E-state index < -0.39 is 30.1 Å². The van der Waals surface area contributed by atoms with Crippen LogP contribution in [-0.4, -0.2) is 17.0 Å². The summed E-state index contributed by atoms with van der Waals surface area (Å²) in [5.41, 5.74) is -0.611. The molecule has 20 heavy (non-hydrogen) atoms. The Balaban J connectivity index is 2.18. The number of carbonyl (C=O) groups is 1. The van der Waals surface area contributed by atoms with Crippen molar-refractivity contribution < 1.29 is 23.1 Å². The first kappa shape index (κ1) is 14.6. The summed E-state index contributed by atoms with van der Waals surface area (Å²) in [7, 11) is 0. The van der Waals surface area contributed by atoms with Crippen LogP contribution in [0.15, 0.2) is 30.3 Å². The van der Waals surface area contributed by atoms with Crippen LogP contribution >= 0.6 is 0 Å². The van der Waals surface area contributed by atoms with Crippen LogP contribution in [0.3, 0.4) is 0 Å². The molecule has 2 nitrogen and oxygen atoms in total. The summed E-state index contributed by atoms with van der Waals surface area (Å²) in [6.45, 7) is 0. The van der Waals surface area contributed by atoms with Gasteiger partial charge in [-0.25, -0.2) is 13.2 Å². The lowest BCUT2D eigenvalue weighted by molar-refractivity contribution is -0.152. The van der Waals surface area contributed by atoms with Crippen molar-refractivity contribution in [1.82, 2.24) is 0 Å². The normalized spacial score (nSPS) is 20.9. The van der Waals surface area contributed by atoms with E-state index in [1.54, 1.807) is 6.08 Å². The number of carboxylic acid groups (broad SMARTS) is 1. The zero-order valence-corrected chi connectivity index (χ0v) is 10.8. The lowest BCUT2D eigenvalue weighted by atomic mass is 9.72. The third kappa shape index (κ3) is 3.21. The lowest BCUT2D eigenvalue weighted by Gasteiger charge is -2.34. The van der Waals surface area contributed by atoms with Crippen LogP contribution in [0, 0.1) is 11.2 Å². The zero-order valence-electron chi connectivity index (χ0n) is 10.8. The second-order valence-electron chi connectivity index (χ2n) is 5.20. The van der Waals surface area contributed by atoms with Crippen LogP contribution in [0.2, 0.25) is 0 Å². The number of halogens is 3. The highest BCUT2D eigenvalue weighted by atomic mass is 19.3. The van der Waals surface area contributed by atoms with Gasteiger partial charge in [0.2, 0.25) is 5.92 Å². The topological polar surface area (TPSA) is 37.3 Å². The first-order valence-corrected chi connectivity index (χ1v) is 6.39. The van der Waals surface area contributed by atoms with Crippen LogP contribution in [0.5, 0.6) is 0 Å². The van der Waals surface area contributed by atoms with Crippen LogP contribution in [0.4, 0.5) is 13.2 Å². The number of alkyl halides is 2. The maximum atomic E-state index is 13.2. The van der Waals surface area contributed by atoms with Crippen molar-refractivity contribution >= 4 is 12.0 Å². The molecule has 108 valence electrons. The number of hydrogen-bond donors (Lipinski definition) is 1. The molecule has 1 saturated carbocycles. The Morgan fingerprint density at radius 3 is 2.15 bits per heavy atom. The Bertz CT molecular complexity index is 510. The Hall–Kier alpha value is -1.78. The first-order valence-electron chi connectivity index (χ1n) is 6.39. The molecule has 1 aliphatic carbocycles. The van der Waals surface area contributed by atoms with Gasteiger partial charge in [0, 0.05) is 12.8 Å². The first-order chi connectivity index (χ1) is 9.33. The molecular weight excluding hydrogens is 269 g/mol. The number of aliphatic carboxylic acids is 1. The molecule has 0 unspecified atom stereocenters. The number of benzene rings is 1. The molecule has 0 heterocycles. The molecule has 0 amide bonds. The predicted molar refractivity (Wildman–Crippen MR) is 68.9 cm³/mol. The maximum absolute atomic E-state index is 13.2. The Morgan fingerprint density at radius 2 is 1.65 bits per heavy atom. The molecule has 0 radical (unpaired) electrons. The number of carboxylic acids is 1. The SMILES string of the molecule is O=C(O)C1(/C=C/c2ccc(F)cc2)CCC(F)(F)CC1. The Morgan fingerprint density at radius 1 is 1.10 bits per heavy atom. The summed E-state index contributed by atoms with van der Waals surface area (Å²) in [6.07, 6.45) is 1.98. The average Bonchev–Trinajstić information content (AvgIpc) is 2.39. The molecule has 1 aromatic rings. The highest BCUT2D eigenvalue weighted by Gasteiger charge is 2.46. The van der Waals surface area contributed by atoms with E-state index in [4.69, 9.17) is 0 Å². The van der Waals surface area contributed by atoms with E-state index in [9.17, 15) is 23.1 Å². The van der Waals surface area contributed by atoms with E-state index >= 15 is 0 Å². The largest absolute Gasteiger partial charge is 0.481 e. The van der Waals surface area contributed by atoms with Crippen molar-refractivity contribution in [3.8, 4) is 0 Å². The van der Waals surface area contributed by atoms with Crippen molar-refractivity contribution in [2.24, 2.45) is 5.41 Å². The van der Waals surface area contributed by atoms with Gasteiger partial charge in [-0.15, -0.1) is 0 Å². The lowest BCUT2D eigenvalue weighted by Crippen LogP contribution is -2.37. The summed E-state index contributed by atoms with van der Waals surface area (Å²) < 4.78 is 39.1. The fourth-order valence-corrected chi connectivity index (χ4v) is 2.34. The second kappa shape index (κ2) is 5.31. The van der Waals surface area contributed by atoms with Gasteiger partial charge in [0.15, 0.2) is 0 Å². The standard InChI is InChI=1S/C15H15F3O2/c16-12-3-1-11(2-4-12)5-6-14(13(19)20)7-9-15(17,18)10-8-14/h1-6H,7-10H2,(H,19,20)/b6-5+. The van der Waals surface area contributed by atoms with Gasteiger partial charge < -0.3 is 5.11 Å². The van der Waals surface area contributed by atoms with E-state index in [-0.39, 0.29) is 18.7 Å². The van der Waals surface area contributed by atoms with Crippen LogP contribution < -0.4 is 0 Å². The monoisotopic (exact) mass is 284 g/mol. The van der Waals surface area contributed by atoms with Gasteiger partial charge in [-0.05, 0) is 30.5 Å². The van der Waals surface area contributed by atoms with Crippen molar-refractivity contribution in [2.75, 3.05) is 0 Å². The molecule has 0 aromatic heterocycles. The van der Waals surface area contributed by atoms with Crippen molar-refractivity contribution in [2.45, 2.75) is 31.6 Å². The minimum atomic E-state index is -2.78. The Kier molecular flexibility index (Phi) is 3.88. The average molecular weight is 284 g/mol. The third-order valence-corrected chi connectivity index (χ3v) is 3.76. The van der Waals surface area contributed by atoms with E-state index in [1.165, 1.54) is 30.3 Å². The fraction of sp³-hybridized carbons (Fsp3) is 0.400. The minimum absolute atomic E-state index is 0.0902. The minimum Gasteiger partial charge on any atom is -0.481 e. The zero-order chi connectivity index (χ0) is 14.8. The van der Waals surface area contributed by atoms with Gasteiger partial charge in [-0.2, -0.15) is 0 Å². The smallest absolute Gasteiger partial charge is 0.313 e. The van der Waals surface area contributed by atoms with Gasteiger partial charge in [0.05, 0.1) is 5.41 Å². The van der Waals surface area contributed by atoms with E-state index in [1.807, 2.05) is 0 Å². The van der Waals surface area contributed by atoms with E-state index in [2.05, 4.69) is 0 Å². The molecule has 2 rings (SSSR count). The molecule has 0 saturated heterocycles. The van der Waals surface area contributed by atoms with Crippen molar-refractivity contribution in [3.05, 3.63) is 41.7 Å². The van der Waals surface area contributed by atoms with Gasteiger partial charge in [-0.1, -0.05) is 24.3 Å². The Labute approximate surface area is 114 Å². The van der Waals surface area contributed by atoms with Gasteiger partial charge in [-0.3, -0.25) is 4.79 Å². The summed E-state index contributed by atoms with van der Waals surface area (Å²) in [4.78, 5) is 11.4. The highest BCUT2D eigenvalue weighted by molar-refractivity contribution is 5.78. The molecule has 0 aliphatic heterocycles. The van der Waals surface area contributed by atoms with Crippen LogP contribution in [0.1, 0.15) is 31.2 Å². The molecule has 5 heteroatoms.